The second-order valence-corrected chi connectivity index (χ2v) is 2.35. The van der Waals surface area contributed by atoms with Crippen molar-refractivity contribution in [2.24, 2.45) is 0 Å². The Labute approximate surface area is 70.6 Å². The van der Waals surface area contributed by atoms with Gasteiger partial charge < -0.3 is 20.1 Å². The Bertz CT molecular complexity index is 125. The van der Waals surface area contributed by atoms with Crippen molar-refractivity contribution in [1.29, 1.82) is 0 Å². The van der Waals surface area contributed by atoms with Gasteiger partial charge in [-0.05, 0) is 6.42 Å². The Morgan fingerprint density at radius 2 is 2.08 bits per heavy atom. The first-order valence-corrected chi connectivity index (χ1v) is 3.76. The van der Waals surface area contributed by atoms with Crippen LogP contribution in [-0.2, 0) is 9.53 Å². The van der Waals surface area contributed by atoms with Crippen LogP contribution in [0.2, 0.25) is 0 Å². The Kier molecular flexibility index (Phi) is 6.64. The normalized spacial score (nSPS) is 12.6. The molecule has 0 fully saturated rings. The van der Waals surface area contributed by atoms with Gasteiger partial charge in [0.05, 0.1) is 6.61 Å². The molecule has 0 spiro atoms. The zero-order chi connectivity index (χ0) is 9.40. The Balaban J connectivity index is 3.31. The van der Waals surface area contributed by atoms with Gasteiger partial charge in [0.1, 0.15) is 12.7 Å². The van der Waals surface area contributed by atoms with Crippen molar-refractivity contribution in [3.8, 4) is 0 Å². The number of hydrogen-bond donors (Lipinski definition) is 3. The van der Waals surface area contributed by atoms with Crippen molar-refractivity contribution in [1.82, 2.24) is 0 Å². The minimum Gasteiger partial charge on any atom is -0.463 e. The molecule has 1 atom stereocenters. The second-order valence-electron chi connectivity index (χ2n) is 2.35. The zero-order valence-corrected chi connectivity index (χ0v) is 6.77. The van der Waals surface area contributed by atoms with Gasteiger partial charge in [0, 0.05) is 13.0 Å². The summed E-state index contributed by atoms with van der Waals surface area (Å²) in [6, 6.07) is 0. The van der Waals surface area contributed by atoms with E-state index in [2.05, 4.69) is 4.74 Å². The average Bonchev–Trinajstić information content (AvgIpc) is 2.10. The molecule has 0 saturated carbocycles. The van der Waals surface area contributed by atoms with Crippen molar-refractivity contribution in [3.05, 3.63) is 0 Å². The van der Waals surface area contributed by atoms with Gasteiger partial charge in [-0.3, -0.25) is 4.79 Å². The molecule has 0 aliphatic heterocycles. The Morgan fingerprint density at radius 1 is 1.42 bits per heavy atom. The molecule has 72 valence electrons. The molecule has 0 aliphatic carbocycles. The van der Waals surface area contributed by atoms with Gasteiger partial charge in [0.25, 0.3) is 0 Å². The molecule has 0 saturated heterocycles. The lowest BCUT2D eigenvalue weighted by molar-refractivity contribution is -0.147. The molecule has 0 rings (SSSR count). The van der Waals surface area contributed by atoms with Crippen molar-refractivity contribution in [2.45, 2.75) is 18.9 Å². The predicted octanol–water partition coefficient (Wildman–Crippen LogP) is -1.34. The van der Waals surface area contributed by atoms with Gasteiger partial charge in [-0.25, -0.2) is 0 Å². The number of hydrogen-bond acceptors (Lipinski definition) is 5. The number of esters is 1. The van der Waals surface area contributed by atoms with Crippen molar-refractivity contribution in [3.63, 3.8) is 0 Å². The lowest BCUT2D eigenvalue weighted by atomic mass is 10.3. The molecule has 0 heterocycles. The fourth-order valence-corrected chi connectivity index (χ4v) is 0.537. The summed E-state index contributed by atoms with van der Waals surface area (Å²) in [6.07, 6.45) is -0.522. The topological polar surface area (TPSA) is 87.0 Å². The van der Waals surface area contributed by atoms with Gasteiger partial charge in [0.15, 0.2) is 0 Å². The minimum atomic E-state index is -1.01. The van der Waals surface area contributed by atoms with E-state index in [9.17, 15) is 4.79 Å². The quantitative estimate of drug-likeness (QED) is 0.438. The highest BCUT2D eigenvalue weighted by Crippen LogP contribution is 1.93. The molecular formula is C7H14O5. The highest BCUT2D eigenvalue weighted by atomic mass is 16.5. The lowest BCUT2D eigenvalue weighted by Gasteiger charge is -2.07. The van der Waals surface area contributed by atoms with Crippen molar-refractivity contribution < 1.29 is 24.9 Å². The van der Waals surface area contributed by atoms with E-state index in [0.29, 0.717) is 6.42 Å². The standard InChI is InChI=1S/C7H14O5/c8-3-1-2-7(11)12-5-6(10)4-9/h6,8-10H,1-5H2. The third-order valence-electron chi connectivity index (χ3n) is 1.19. The fourth-order valence-electron chi connectivity index (χ4n) is 0.537. The van der Waals surface area contributed by atoms with Gasteiger partial charge in [-0.1, -0.05) is 0 Å². The molecule has 3 N–H and O–H groups in total. The summed E-state index contributed by atoms with van der Waals surface area (Å²) in [5, 5.41) is 25.4. The van der Waals surface area contributed by atoms with E-state index in [-0.39, 0.29) is 19.6 Å². The summed E-state index contributed by atoms with van der Waals surface area (Å²) < 4.78 is 4.54. The van der Waals surface area contributed by atoms with E-state index in [1.54, 1.807) is 0 Å². The average molecular weight is 178 g/mol. The summed E-state index contributed by atoms with van der Waals surface area (Å²) >= 11 is 0. The molecule has 0 aromatic carbocycles. The van der Waals surface area contributed by atoms with E-state index in [1.807, 2.05) is 0 Å². The number of ether oxygens (including phenoxy) is 1. The first kappa shape index (κ1) is 11.4. The lowest BCUT2D eigenvalue weighted by Crippen LogP contribution is -2.21. The van der Waals surface area contributed by atoms with Crippen molar-refractivity contribution >= 4 is 5.97 Å². The summed E-state index contributed by atoms with van der Waals surface area (Å²) in [5.41, 5.74) is 0. The molecule has 12 heavy (non-hydrogen) atoms. The van der Waals surface area contributed by atoms with E-state index >= 15 is 0 Å². The Hall–Kier alpha value is -0.650. The largest absolute Gasteiger partial charge is 0.463 e. The van der Waals surface area contributed by atoms with Crippen LogP contribution in [0.1, 0.15) is 12.8 Å². The second kappa shape index (κ2) is 7.02. The van der Waals surface area contributed by atoms with Gasteiger partial charge in [-0.15, -0.1) is 0 Å². The van der Waals surface area contributed by atoms with E-state index in [1.165, 1.54) is 0 Å². The molecular weight excluding hydrogens is 164 g/mol. The van der Waals surface area contributed by atoms with Gasteiger partial charge in [-0.2, -0.15) is 0 Å². The van der Waals surface area contributed by atoms with E-state index < -0.39 is 18.7 Å². The molecule has 1 unspecified atom stereocenters. The van der Waals surface area contributed by atoms with Crippen LogP contribution in [-0.4, -0.2) is 47.2 Å². The monoisotopic (exact) mass is 178 g/mol. The molecule has 5 heteroatoms. The highest BCUT2D eigenvalue weighted by molar-refractivity contribution is 5.69. The maximum absolute atomic E-state index is 10.7. The zero-order valence-electron chi connectivity index (χ0n) is 6.77. The minimum absolute atomic E-state index is 0.0579. The van der Waals surface area contributed by atoms with Crippen LogP contribution in [0.25, 0.3) is 0 Å². The SMILES string of the molecule is O=C(CCCO)OCC(O)CO. The molecule has 0 aromatic heterocycles. The Morgan fingerprint density at radius 3 is 2.58 bits per heavy atom. The predicted molar refractivity (Wildman–Crippen MR) is 40.4 cm³/mol. The first-order chi connectivity index (χ1) is 5.70. The molecule has 5 nitrogen and oxygen atoms in total. The molecule has 0 bridgehead atoms. The van der Waals surface area contributed by atoms with E-state index in [0.717, 1.165) is 0 Å². The maximum atomic E-state index is 10.7. The van der Waals surface area contributed by atoms with Gasteiger partial charge >= 0.3 is 5.97 Å². The van der Waals surface area contributed by atoms with E-state index in [4.69, 9.17) is 15.3 Å². The van der Waals surface area contributed by atoms with Crippen molar-refractivity contribution in [2.75, 3.05) is 19.8 Å². The summed E-state index contributed by atoms with van der Waals surface area (Å²) in [5.74, 6) is -0.475. The van der Waals surface area contributed by atoms with Crippen LogP contribution in [0.15, 0.2) is 0 Å². The summed E-state index contributed by atoms with van der Waals surface area (Å²) in [4.78, 5) is 10.7. The third-order valence-corrected chi connectivity index (χ3v) is 1.19. The smallest absolute Gasteiger partial charge is 0.305 e. The van der Waals surface area contributed by atoms with Crippen LogP contribution >= 0.6 is 0 Å². The summed E-state index contributed by atoms with van der Waals surface area (Å²) in [7, 11) is 0. The molecule has 0 radical (unpaired) electrons. The number of rotatable bonds is 6. The maximum Gasteiger partial charge on any atom is 0.305 e. The number of aliphatic hydroxyl groups excluding tert-OH is 3. The highest BCUT2D eigenvalue weighted by Gasteiger charge is 2.06. The molecule has 0 aromatic rings. The van der Waals surface area contributed by atoms with Crippen LogP contribution in [0.4, 0.5) is 0 Å². The fraction of sp³-hybridized carbons (Fsp3) is 0.857. The molecule has 0 aliphatic rings. The van der Waals surface area contributed by atoms with Crippen LogP contribution in [0, 0.1) is 0 Å². The van der Waals surface area contributed by atoms with Crippen LogP contribution in [0.5, 0.6) is 0 Å². The first-order valence-electron chi connectivity index (χ1n) is 3.76. The van der Waals surface area contributed by atoms with Crippen LogP contribution in [0.3, 0.4) is 0 Å². The van der Waals surface area contributed by atoms with Gasteiger partial charge in [0.2, 0.25) is 0 Å². The van der Waals surface area contributed by atoms with Crippen LogP contribution < -0.4 is 0 Å². The summed E-state index contributed by atoms with van der Waals surface area (Å²) in [6.45, 7) is -0.675. The molecule has 0 amide bonds. The number of aliphatic hydroxyl groups is 3. The number of carbonyl (C=O) groups excluding carboxylic acids is 1. The number of carbonyl (C=O) groups is 1. The third kappa shape index (κ3) is 6.09.